The van der Waals surface area contributed by atoms with Gasteiger partial charge in [0.1, 0.15) is 5.58 Å². The summed E-state index contributed by atoms with van der Waals surface area (Å²) in [6, 6.07) is 5.94. The van der Waals surface area contributed by atoms with Crippen LogP contribution >= 0.6 is 15.9 Å². The van der Waals surface area contributed by atoms with E-state index in [2.05, 4.69) is 15.9 Å². The molecule has 2 N–H and O–H groups in total. The predicted octanol–water partition coefficient (Wildman–Crippen LogP) is 3.22. The molecule has 0 saturated heterocycles. The van der Waals surface area contributed by atoms with Gasteiger partial charge in [-0.3, -0.25) is 0 Å². The highest BCUT2D eigenvalue weighted by Crippen LogP contribution is 2.28. The molecule has 0 radical (unpaired) electrons. The second-order valence-electron chi connectivity index (χ2n) is 3.12. The summed E-state index contributed by atoms with van der Waals surface area (Å²) >= 11 is 3.44. The first-order valence-electron chi connectivity index (χ1n) is 4.10. The van der Waals surface area contributed by atoms with Crippen LogP contribution in [-0.2, 0) is 0 Å². The van der Waals surface area contributed by atoms with Gasteiger partial charge in [0.15, 0.2) is 0 Å². The van der Waals surface area contributed by atoms with Crippen molar-refractivity contribution in [2.24, 2.45) is 5.73 Å². The highest BCUT2D eigenvalue weighted by molar-refractivity contribution is 9.10. The summed E-state index contributed by atoms with van der Waals surface area (Å²) in [5.74, 6) is 0. The van der Waals surface area contributed by atoms with E-state index in [0.717, 1.165) is 21.0 Å². The molecule has 0 aliphatic carbocycles. The molecule has 0 aliphatic heterocycles. The molecule has 0 aliphatic rings. The van der Waals surface area contributed by atoms with Crippen LogP contribution in [0.15, 0.2) is 33.4 Å². The molecule has 1 aromatic heterocycles. The molecule has 0 spiro atoms. The lowest BCUT2D eigenvalue weighted by atomic mass is 10.1. The van der Waals surface area contributed by atoms with Crippen LogP contribution in [0.4, 0.5) is 0 Å². The number of hydrogen-bond acceptors (Lipinski definition) is 2. The van der Waals surface area contributed by atoms with Crippen LogP contribution < -0.4 is 5.73 Å². The van der Waals surface area contributed by atoms with Crippen LogP contribution in [0.25, 0.3) is 11.0 Å². The van der Waals surface area contributed by atoms with Gasteiger partial charge in [-0.2, -0.15) is 0 Å². The monoisotopic (exact) mass is 239 g/mol. The minimum atomic E-state index is -0.00819. The molecule has 2 aromatic rings. The summed E-state index contributed by atoms with van der Waals surface area (Å²) in [7, 11) is 0. The van der Waals surface area contributed by atoms with E-state index in [1.807, 2.05) is 25.1 Å². The number of fused-ring (bicyclic) bond motifs is 1. The molecule has 1 atom stereocenters. The van der Waals surface area contributed by atoms with Crippen LogP contribution in [0.1, 0.15) is 18.5 Å². The molecule has 68 valence electrons. The third-order valence-electron chi connectivity index (χ3n) is 2.04. The Morgan fingerprint density at radius 1 is 1.46 bits per heavy atom. The molecule has 1 heterocycles. The van der Waals surface area contributed by atoms with E-state index >= 15 is 0 Å². The van der Waals surface area contributed by atoms with E-state index in [0.29, 0.717) is 0 Å². The summed E-state index contributed by atoms with van der Waals surface area (Å²) in [5, 5.41) is 1.08. The molecule has 0 saturated carbocycles. The Morgan fingerprint density at radius 2 is 2.23 bits per heavy atom. The van der Waals surface area contributed by atoms with E-state index in [4.69, 9.17) is 10.2 Å². The summed E-state index contributed by atoms with van der Waals surface area (Å²) in [4.78, 5) is 0. The highest BCUT2D eigenvalue weighted by atomic mass is 79.9. The van der Waals surface area contributed by atoms with Crippen molar-refractivity contribution in [1.82, 2.24) is 0 Å². The maximum absolute atomic E-state index is 5.83. The number of benzene rings is 1. The van der Waals surface area contributed by atoms with Gasteiger partial charge < -0.3 is 10.2 Å². The van der Waals surface area contributed by atoms with Crippen LogP contribution in [0.2, 0.25) is 0 Å². The smallest absolute Gasteiger partial charge is 0.138 e. The first kappa shape index (κ1) is 8.78. The molecule has 0 fully saturated rings. The highest BCUT2D eigenvalue weighted by Gasteiger charge is 2.09. The molecular weight excluding hydrogens is 230 g/mol. The van der Waals surface area contributed by atoms with E-state index in [1.54, 1.807) is 6.26 Å². The first-order chi connectivity index (χ1) is 6.18. The van der Waals surface area contributed by atoms with Crippen LogP contribution in [-0.4, -0.2) is 0 Å². The largest absolute Gasteiger partial charge is 0.464 e. The van der Waals surface area contributed by atoms with Crippen molar-refractivity contribution in [3.63, 3.8) is 0 Å². The van der Waals surface area contributed by atoms with Crippen molar-refractivity contribution in [1.29, 1.82) is 0 Å². The Labute approximate surface area is 84.8 Å². The van der Waals surface area contributed by atoms with Gasteiger partial charge in [0.25, 0.3) is 0 Å². The maximum Gasteiger partial charge on any atom is 0.138 e. The van der Waals surface area contributed by atoms with Crippen LogP contribution in [0.5, 0.6) is 0 Å². The fourth-order valence-corrected chi connectivity index (χ4v) is 1.90. The summed E-state index contributed by atoms with van der Waals surface area (Å²) in [6.45, 7) is 1.95. The summed E-state index contributed by atoms with van der Waals surface area (Å²) in [6.07, 6.45) is 1.68. The topological polar surface area (TPSA) is 39.2 Å². The van der Waals surface area contributed by atoms with E-state index in [-0.39, 0.29) is 6.04 Å². The van der Waals surface area contributed by atoms with Crippen molar-refractivity contribution < 1.29 is 4.42 Å². The summed E-state index contributed by atoms with van der Waals surface area (Å²) < 4.78 is 6.40. The number of hydrogen-bond donors (Lipinski definition) is 1. The zero-order valence-corrected chi connectivity index (χ0v) is 8.84. The number of rotatable bonds is 1. The van der Waals surface area contributed by atoms with Crippen LogP contribution in [0, 0.1) is 0 Å². The number of nitrogens with two attached hydrogens (primary N) is 1. The first-order valence-corrected chi connectivity index (χ1v) is 4.90. The second kappa shape index (κ2) is 3.16. The van der Waals surface area contributed by atoms with Gasteiger partial charge in [-0.1, -0.05) is 15.9 Å². The maximum atomic E-state index is 5.83. The van der Waals surface area contributed by atoms with Gasteiger partial charge in [-0.25, -0.2) is 0 Å². The fourth-order valence-electron chi connectivity index (χ4n) is 1.41. The normalized spacial score (nSPS) is 13.5. The van der Waals surface area contributed by atoms with Gasteiger partial charge in [0, 0.05) is 21.5 Å². The third-order valence-corrected chi connectivity index (χ3v) is 2.49. The number of halogens is 1. The number of furan rings is 1. The lowest BCUT2D eigenvalue weighted by molar-refractivity contribution is 0.605. The second-order valence-corrected chi connectivity index (χ2v) is 4.04. The third kappa shape index (κ3) is 1.49. The van der Waals surface area contributed by atoms with Crippen molar-refractivity contribution >= 4 is 26.9 Å². The van der Waals surface area contributed by atoms with Crippen molar-refractivity contribution in [3.8, 4) is 0 Å². The van der Waals surface area contributed by atoms with Crippen LogP contribution in [0.3, 0.4) is 0 Å². The van der Waals surface area contributed by atoms with Crippen molar-refractivity contribution in [2.75, 3.05) is 0 Å². The summed E-state index contributed by atoms with van der Waals surface area (Å²) in [5.41, 5.74) is 7.75. The zero-order valence-electron chi connectivity index (χ0n) is 7.25. The molecule has 3 heteroatoms. The standard InChI is InChI=1S/C10H10BrNO/c1-6(12)9-5-8(11)4-7-2-3-13-10(7)9/h2-6H,12H2,1H3/t6-/m1/s1. The van der Waals surface area contributed by atoms with Gasteiger partial charge in [0.05, 0.1) is 6.26 Å². The molecule has 0 amide bonds. The average molecular weight is 240 g/mol. The minimum absolute atomic E-state index is 0.00819. The molecule has 1 aromatic carbocycles. The Hall–Kier alpha value is -0.800. The van der Waals surface area contributed by atoms with Gasteiger partial charge >= 0.3 is 0 Å². The van der Waals surface area contributed by atoms with Gasteiger partial charge in [-0.05, 0) is 25.1 Å². The Balaban J connectivity index is 2.77. The van der Waals surface area contributed by atoms with Gasteiger partial charge in [0.2, 0.25) is 0 Å². The zero-order chi connectivity index (χ0) is 9.42. The molecular formula is C10H10BrNO. The van der Waals surface area contributed by atoms with E-state index in [1.165, 1.54) is 0 Å². The SMILES string of the molecule is C[C@@H](N)c1cc(Br)cc2ccoc12. The Bertz CT molecular complexity index is 433. The predicted molar refractivity (Wildman–Crippen MR) is 56.5 cm³/mol. The molecule has 13 heavy (non-hydrogen) atoms. The Kier molecular flexibility index (Phi) is 2.14. The minimum Gasteiger partial charge on any atom is -0.464 e. The Morgan fingerprint density at radius 3 is 2.92 bits per heavy atom. The molecule has 2 nitrogen and oxygen atoms in total. The van der Waals surface area contributed by atoms with E-state index in [9.17, 15) is 0 Å². The lowest BCUT2D eigenvalue weighted by Crippen LogP contribution is -2.04. The van der Waals surface area contributed by atoms with Crippen molar-refractivity contribution in [3.05, 3.63) is 34.5 Å². The molecule has 2 rings (SSSR count). The fraction of sp³-hybridized carbons (Fsp3) is 0.200. The van der Waals surface area contributed by atoms with Crippen molar-refractivity contribution in [2.45, 2.75) is 13.0 Å². The van der Waals surface area contributed by atoms with E-state index < -0.39 is 0 Å². The van der Waals surface area contributed by atoms with Gasteiger partial charge in [-0.15, -0.1) is 0 Å². The molecule has 0 bridgehead atoms. The molecule has 0 unspecified atom stereocenters. The lowest BCUT2D eigenvalue weighted by Gasteiger charge is -2.06. The average Bonchev–Trinajstić information content (AvgIpc) is 2.49. The quantitative estimate of drug-likeness (QED) is 0.831.